The van der Waals surface area contributed by atoms with Crippen LogP contribution in [0.2, 0.25) is 0 Å². The number of piperidine rings is 2. The largest absolute Gasteiger partial charge is 0.484 e. The van der Waals surface area contributed by atoms with Crippen molar-refractivity contribution >= 4 is 28.0 Å². The Hall–Kier alpha value is -2.64. The second kappa shape index (κ2) is 9.88. The molecule has 2 aliphatic rings. The molecule has 0 atom stereocenters. The summed E-state index contributed by atoms with van der Waals surface area (Å²) in [5.41, 5.74) is 0. The van der Waals surface area contributed by atoms with E-state index in [4.69, 9.17) is 9.47 Å². The molecule has 6 nitrogen and oxygen atoms in total. The summed E-state index contributed by atoms with van der Waals surface area (Å²) in [6, 6.07) is 14.7. The van der Waals surface area contributed by atoms with Crippen LogP contribution in [-0.4, -0.2) is 65.6 Å². The van der Waals surface area contributed by atoms with E-state index in [-0.39, 0.29) is 18.6 Å². The Morgan fingerprint density at radius 2 is 1.78 bits per heavy atom. The van der Waals surface area contributed by atoms with E-state index in [1.165, 1.54) is 5.39 Å². The minimum Gasteiger partial charge on any atom is -0.484 e. The number of carbonyl (C=O) groups excluding carboxylic acids is 1. The molecule has 32 heavy (non-hydrogen) atoms. The lowest BCUT2D eigenvalue weighted by atomic mass is 9.99. The first-order valence-electron chi connectivity index (χ1n) is 11.4. The predicted octanol–water partition coefficient (Wildman–Crippen LogP) is 4.21. The fourth-order valence-electron chi connectivity index (χ4n) is 4.74. The van der Waals surface area contributed by atoms with Crippen molar-refractivity contribution in [2.24, 2.45) is 0 Å². The predicted molar refractivity (Wildman–Crippen MR) is 126 cm³/mol. The zero-order valence-electron chi connectivity index (χ0n) is 18.2. The Morgan fingerprint density at radius 1 is 1.00 bits per heavy atom. The molecule has 0 unspecified atom stereocenters. The molecule has 3 aromatic rings. The van der Waals surface area contributed by atoms with Gasteiger partial charge in [-0.1, -0.05) is 41.7 Å². The van der Waals surface area contributed by atoms with Crippen LogP contribution in [0.4, 0.5) is 0 Å². The number of nitrogens with zero attached hydrogens (tertiary/aromatic N) is 3. The van der Waals surface area contributed by atoms with E-state index in [9.17, 15) is 4.79 Å². The van der Waals surface area contributed by atoms with Gasteiger partial charge in [0.15, 0.2) is 6.61 Å². The smallest absolute Gasteiger partial charge is 0.273 e. The number of likely N-dealkylation sites (tertiary alicyclic amines) is 2. The topological polar surface area (TPSA) is 54.9 Å². The lowest BCUT2D eigenvalue weighted by molar-refractivity contribution is -0.135. The molecule has 0 saturated carbocycles. The highest BCUT2D eigenvalue weighted by Gasteiger charge is 2.30. The summed E-state index contributed by atoms with van der Waals surface area (Å²) < 4.78 is 11.8. The molecule has 1 amide bonds. The van der Waals surface area contributed by atoms with Gasteiger partial charge in [0.2, 0.25) is 0 Å². The van der Waals surface area contributed by atoms with Crippen LogP contribution < -0.4 is 9.47 Å². The Labute approximate surface area is 192 Å². The second-order valence-electron chi connectivity index (χ2n) is 8.56. The Bertz CT molecular complexity index is 1030. The van der Waals surface area contributed by atoms with E-state index in [0.29, 0.717) is 6.04 Å². The maximum atomic E-state index is 12.7. The van der Waals surface area contributed by atoms with Crippen molar-refractivity contribution in [1.29, 1.82) is 0 Å². The fourth-order valence-corrected chi connectivity index (χ4v) is 5.30. The van der Waals surface area contributed by atoms with Gasteiger partial charge in [0.05, 0.1) is 0 Å². The number of hydrogen-bond acceptors (Lipinski definition) is 6. The fraction of sp³-hybridized carbons (Fsp3) is 0.440. The SMILES string of the molecule is O=C(COc1ccc2ccccc2c1)N1CCC(N2CCC(Oc3nccs3)CC2)CC1. The minimum absolute atomic E-state index is 0.0761. The lowest BCUT2D eigenvalue weighted by Crippen LogP contribution is -2.50. The van der Waals surface area contributed by atoms with Crippen molar-refractivity contribution < 1.29 is 14.3 Å². The summed E-state index contributed by atoms with van der Waals surface area (Å²) >= 11 is 1.56. The van der Waals surface area contributed by atoms with Gasteiger partial charge in [0.25, 0.3) is 11.1 Å². The van der Waals surface area contributed by atoms with E-state index < -0.39 is 0 Å². The normalized spacial score (nSPS) is 18.7. The highest BCUT2D eigenvalue weighted by molar-refractivity contribution is 7.11. The molecule has 7 heteroatoms. The van der Waals surface area contributed by atoms with Crippen LogP contribution in [0.1, 0.15) is 25.7 Å². The molecule has 0 aliphatic carbocycles. The third-order valence-corrected chi connectivity index (χ3v) is 7.23. The van der Waals surface area contributed by atoms with E-state index in [1.54, 1.807) is 17.5 Å². The highest BCUT2D eigenvalue weighted by atomic mass is 32.1. The van der Waals surface area contributed by atoms with Gasteiger partial charge >= 0.3 is 0 Å². The number of benzene rings is 2. The van der Waals surface area contributed by atoms with E-state index in [2.05, 4.69) is 22.0 Å². The number of amides is 1. The molecule has 0 N–H and O–H groups in total. The van der Waals surface area contributed by atoms with Gasteiger partial charge in [-0.25, -0.2) is 4.98 Å². The first-order chi connectivity index (χ1) is 15.7. The zero-order valence-corrected chi connectivity index (χ0v) is 19.0. The molecule has 0 bridgehead atoms. The van der Waals surface area contributed by atoms with E-state index in [0.717, 1.165) is 68.2 Å². The Balaban J connectivity index is 1.05. The quantitative estimate of drug-likeness (QED) is 0.562. The van der Waals surface area contributed by atoms with Crippen LogP contribution in [0.5, 0.6) is 10.9 Å². The van der Waals surface area contributed by atoms with Crippen molar-refractivity contribution in [3.05, 3.63) is 54.0 Å². The standard InChI is InChI=1S/C25H29N3O3S/c29-24(18-30-23-6-5-19-3-1-2-4-20(19)17-23)28-12-7-21(8-13-28)27-14-9-22(10-15-27)31-25-26-11-16-32-25/h1-6,11,16-17,21-22H,7-10,12-15,18H2. The second-order valence-corrected chi connectivity index (χ2v) is 9.42. The van der Waals surface area contributed by atoms with Gasteiger partial charge in [-0.3, -0.25) is 9.69 Å². The van der Waals surface area contributed by atoms with Gasteiger partial charge in [0, 0.05) is 43.8 Å². The highest BCUT2D eigenvalue weighted by Crippen LogP contribution is 2.25. The van der Waals surface area contributed by atoms with Gasteiger partial charge in [-0.15, -0.1) is 0 Å². The van der Waals surface area contributed by atoms with E-state index in [1.807, 2.05) is 40.6 Å². The van der Waals surface area contributed by atoms with Gasteiger partial charge in [0.1, 0.15) is 11.9 Å². The average molecular weight is 452 g/mol. The minimum atomic E-state index is 0.0761. The Kier molecular flexibility index (Phi) is 6.55. The number of carbonyl (C=O) groups is 1. The van der Waals surface area contributed by atoms with Crippen molar-refractivity contribution in [1.82, 2.24) is 14.8 Å². The number of ether oxygens (including phenoxy) is 2. The van der Waals surface area contributed by atoms with Gasteiger partial charge < -0.3 is 14.4 Å². The molecule has 1 aromatic heterocycles. The van der Waals surface area contributed by atoms with Crippen LogP contribution in [0, 0.1) is 0 Å². The van der Waals surface area contributed by atoms with Gasteiger partial charge in [-0.2, -0.15) is 0 Å². The molecule has 3 heterocycles. The third-order valence-electron chi connectivity index (χ3n) is 6.57. The first-order valence-corrected chi connectivity index (χ1v) is 12.3. The number of rotatable bonds is 6. The first kappa shape index (κ1) is 21.2. The van der Waals surface area contributed by atoms with Crippen molar-refractivity contribution in [3.8, 4) is 10.9 Å². The molecule has 2 fully saturated rings. The molecule has 168 valence electrons. The molecule has 2 aromatic carbocycles. The average Bonchev–Trinajstić information content (AvgIpc) is 3.36. The molecule has 0 radical (unpaired) electrons. The van der Waals surface area contributed by atoms with Crippen LogP contribution in [-0.2, 0) is 4.79 Å². The number of aromatic nitrogens is 1. The van der Waals surface area contributed by atoms with Crippen molar-refractivity contribution in [2.45, 2.75) is 37.8 Å². The molecule has 0 spiro atoms. The summed E-state index contributed by atoms with van der Waals surface area (Å²) in [5, 5.41) is 5.03. The van der Waals surface area contributed by atoms with E-state index >= 15 is 0 Å². The summed E-state index contributed by atoms with van der Waals surface area (Å²) in [4.78, 5) is 21.4. The molecular weight excluding hydrogens is 422 g/mol. The summed E-state index contributed by atoms with van der Waals surface area (Å²) in [6.07, 6.45) is 6.19. The zero-order chi connectivity index (χ0) is 21.8. The van der Waals surface area contributed by atoms with Crippen molar-refractivity contribution in [3.63, 3.8) is 0 Å². The monoisotopic (exact) mass is 451 g/mol. The maximum Gasteiger partial charge on any atom is 0.273 e. The van der Waals surface area contributed by atoms with Crippen LogP contribution in [0.3, 0.4) is 0 Å². The number of hydrogen-bond donors (Lipinski definition) is 0. The number of thiazole rings is 1. The van der Waals surface area contributed by atoms with Gasteiger partial charge in [-0.05, 0) is 48.6 Å². The molecule has 2 aliphatic heterocycles. The summed E-state index contributed by atoms with van der Waals surface area (Å²) in [5.74, 6) is 0.821. The number of fused-ring (bicyclic) bond motifs is 1. The lowest BCUT2D eigenvalue weighted by Gasteiger charge is -2.41. The summed E-state index contributed by atoms with van der Waals surface area (Å²) in [7, 11) is 0. The maximum absolute atomic E-state index is 12.7. The van der Waals surface area contributed by atoms with Crippen molar-refractivity contribution in [2.75, 3.05) is 32.8 Å². The molecule has 2 saturated heterocycles. The van der Waals surface area contributed by atoms with Crippen LogP contribution in [0.25, 0.3) is 10.8 Å². The molecule has 5 rings (SSSR count). The third kappa shape index (κ3) is 5.05. The molecular formula is C25H29N3O3S. The van der Waals surface area contributed by atoms with Crippen LogP contribution in [0.15, 0.2) is 54.0 Å². The Morgan fingerprint density at radius 3 is 2.53 bits per heavy atom. The van der Waals surface area contributed by atoms with Crippen LogP contribution >= 0.6 is 11.3 Å². The summed E-state index contributed by atoms with van der Waals surface area (Å²) in [6.45, 7) is 3.82.